The number of carbonyl (C=O) groups is 1. The summed E-state index contributed by atoms with van der Waals surface area (Å²) in [5.74, 6) is 0.394. The van der Waals surface area contributed by atoms with Gasteiger partial charge in [-0.25, -0.2) is 4.98 Å². The summed E-state index contributed by atoms with van der Waals surface area (Å²) in [5, 5.41) is 8.53. The summed E-state index contributed by atoms with van der Waals surface area (Å²) in [6.07, 6.45) is 0. The molecule has 0 radical (unpaired) electrons. The van der Waals surface area contributed by atoms with Gasteiger partial charge < -0.3 is 15.4 Å². The van der Waals surface area contributed by atoms with Gasteiger partial charge in [-0.3, -0.25) is 4.79 Å². The zero-order valence-electron chi connectivity index (χ0n) is 10.8. The number of methoxy groups -OCH3 is 1. The number of nitrogens with zero attached hydrogens (tertiary/aromatic N) is 1. The third kappa shape index (κ3) is 3.23. The van der Waals surface area contributed by atoms with Crippen LogP contribution in [0.3, 0.4) is 0 Å². The molecule has 0 saturated carbocycles. The zero-order chi connectivity index (χ0) is 13.7. The minimum Gasteiger partial charge on any atom is -0.496 e. The van der Waals surface area contributed by atoms with Crippen molar-refractivity contribution < 1.29 is 9.53 Å². The highest BCUT2D eigenvalue weighted by Gasteiger charge is 2.11. The molecule has 0 spiro atoms. The van der Waals surface area contributed by atoms with Crippen molar-refractivity contribution in [2.75, 3.05) is 19.5 Å². The molecule has 5 nitrogen and oxygen atoms in total. The first-order valence-corrected chi connectivity index (χ1v) is 6.66. The third-order valence-electron chi connectivity index (χ3n) is 2.55. The maximum absolute atomic E-state index is 12.0. The van der Waals surface area contributed by atoms with Crippen molar-refractivity contribution in [2.45, 2.75) is 6.54 Å². The lowest BCUT2D eigenvalue weighted by molar-refractivity contribution is 0.0947. The lowest BCUT2D eigenvalue weighted by Gasteiger charge is -2.07. The summed E-state index contributed by atoms with van der Waals surface area (Å²) in [4.78, 5) is 16.3. The first-order chi connectivity index (χ1) is 9.24. The lowest BCUT2D eigenvalue weighted by atomic mass is 10.2. The first kappa shape index (κ1) is 13.4. The van der Waals surface area contributed by atoms with Crippen molar-refractivity contribution in [3.8, 4) is 5.75 Å². The van der Waals surface area contributed by atoms with E-state index in [2.05, 4.69) is 15.6 Å². The summed E-state index contributed by atoms with van der Waals surface area (Å²) < 4.78 is 5.16. The Hall–Kier alpha value is -2.08. The predicted molar refractivity (Wildman–Crippen MR) is 75.8 cm³/mol. The average molecular weight is 277 g/mol. The number of anilines is 1. The van der Waals surface area contributed by atoms with E-state index in [1.54, 1.807) is 25.3 Å². The summed E-state index contributed by atoms with van der Waals surface area (Å²) in [6.45, 7) is 0.398. The number of ether oxygens (including phenoxy) is 1. The van der Waals surface area contributed by atoms with E-state index in [0.717, 1.165) is 10.8 Å². The molecule has 2 aromatic rings. The number of amides is 1. The van der Waals surface area contributed by atoms with Crippen molar-refractivity contribution in [3.63, 3.8) is 0 Å². The number of aromatic nitrogens is 1. The number of hydrogen-bond donors (Lipinski definition) is 2. The molecular formula is C13H15N3O2S. The standard InChI is InChI=1S/C13H15N3O2S/c1-14-13-16-9(8-19-13)7-15-12(17)10-5-3-4-6-11(10)18-2/h3-6,8H,7H2,1-2H3,(H,14,16)(H,15,17). The molecule has 2 rings (SSSR count). The first-order valence-electron chi connectivity index (χ1n) is 5.78. The van der Waals surface area contributed by atoms with Gasteiger partial charge in [-0.05, 0) is 12.1 Å². The fourth-order valence-corrected chi connectivity index (χ4v) is 2.27. The quantitative estimate of drug-likeness (QED) is 0.878. The second-order valence-electron chi connectivity index (χ2n) is 3.78. The van der Waals surface area contributed by atoms with E-state index in [-0.39, 0.29) is 5.91 Å². The maximum atomic E-state index is 12.0. The van der Waals surface area contributed by atoms with Crippen LogP contribution in [-0.2, 0) is 6.54 Å². The largest absolute Gasteiger partial charge is 0.496 e. The molecule has 2 N–H and O–H groups in total. The number of thiazole rings is 1. The van der Waals surface area contributed by atoms with Crippen LogP contribution in [0.15, 0.2) is 29.6 Å². The minimum atomic E-state index is -0.170. The number of nitrogens with one attached hydrogen (secondary N) is 2. The van der Waals surface area contributed by atoms with Crippen molar-refractivity contribution in [3.05, 3.63) is 40.9 Å². The van der Waals surface area contributed by atoms with Crippen LogP contribution in [0.25, 0.3) is 0 Å². The van der Waals surface area contributed by atoms with E-state index in [1.165, 1.54) is 11.3 Å². The van der Waals surface area contributed by atoms with Crippen LogP contribution in [0, 0.1) is 0 Å². The molecule has 0 aliphatic carbocycles. The van der Waals surface area contributed by atoms with Gasteiger partial charge >= 0.3 is 0 Å². The van der Waals surface area contributed by atoms with E-state index in [0.29, 0.717) is 17.9 Å². The van der Waals surface area contributed by atoms with Crippen LogP contribution < -0.4 is 15.4 Å². The Kier molecular flexibility index (Phi) is 4.35. The van der Waals surface area contributed by atoms with Gasteiger partial charge in [0, 0.05) is 12.4 Å². The van der Waals surface area contributed by atoms with Gasteiger partial charge in [-0.15, -0.1) is 11.3 Å². The molecule has 1 aromatic heterocycles. The van der Waals surface area contributed by atoms with Gasteiger partial charge in [0.15, 0.2) is 5.13 Å². The third-order valence-corrected chi connectivity index (χ3v) is 3.46. The smallest absolute Gasteiger partial charge is 0.255 e. The molecule has 0 saturated heterocycles. The van der Waals surface area contributed by atoms with Crippen LogP contribution in [0.5, 0.6) is 5.75 Å². The molecule has 0 aliphatic rings. The minimum absolute atomic E-state index is 0.170. The Balaban J connectivity index is 2.01. The molecule has 0 atom stereocenters. The van der Waals surface area contributed by atoms with E-state index in [9.17, 15) is 4.79 Å². The van der Waals surface area contributed by atoms with E-state index in [4.69, 9.17) is 4.74 Å². The number of rotatable bonds is 5. The second-order valence-corrected chi connectivity index (χ2v) is 4.64. The summed E-state index contributed by atoms with van der Waals surface area (Å²) >= 11 is 1.51. The molecule has 0 fully saturated rings. The molecule has 1 amide bonds. The molecule has 19 heavy (non-hydrogen) atoms. The highest BCUT2D eigenvalue weighted by molar-refractivity contribution is 7.13. The fraction of sp³-hybridized carbons (Fsp3) is 0.231. The van der Waals surface area contributed by atoms with Gasteiger partial charge in [-0.1, -0.05) is 12.1 Å². The molecule has 1 heterocycles. The highest BCUT2D eigenvalue weighted by atomic mass is 32.1. The van der Waals surface area contributed by atoms with Crippen molar-refractivity contribution >= 4 is 22.4 Å². The van der Waals surface area contributed by atoms with Gasteiger partial charge in [0.25, 0.3) is 5.91 Å². The summed E-state index contributed by atoms with van der Waals surface area (Å²) in [6, 6.07) is 7.12. The monoisotopic (exact) mass is 277 g/mol. The molecule has 1 aromatic carbocycles. The fourth-order valence-electron chi connectivity index (χ4n) is 1.60. The van der Waals surface area contributed by atoms with Gasteiger partial charge in [0.05, 0.1) is 24.9 Å². The van der Waals surface area contributed by atoms with Gasteiger partial charge in [0.1, 0.15) is 5.75 Å². The predicted octanol–water partition coefficient (Wildman–Crippen LogP) is 2.12. The van der Waals surface area contributed by atoms with Crippen LogP contribution in [0.2, 0.25) is 0 Å². The lowest BCUT2D eigenvalue weighted by Crippen LogP contribution is -2.23. The van der Waals surface area contributed by atoms with Crippen LogP contribution >= 0.6 is 11.3 Å². The van der Waals surface area contributed by atoms with E-state index in [1.807, 2.05) is 18.5 Å². The number of hydrogen-bond acceptors (Lipinski definition) is 5. The Morgan fingerprint density at radius 2 is 2.21 bits per heavy atom. The van der Waals surface area contributed by atoms with Crippen LogP contribution in [-0.4, -0.2) is 25.0 Å². The molecule has 6 heteroatoms. The van der Waals surface area contributed by atoms with Crippen molar-refractivity contribution in [1.82, 2.24) is 10.3 Å². The van der Waals surface area contributed by atoms with Crippen LogP contribution in [0.4, 0.5) is 5.13 Å². The Labute approximate surface area is 115 Å². The number of carbonyl (C=O) groups excluding carboxylic acids is 1. The Morgan fingerprint density at radius 3 is 2.89 bits per heavy atom. The molecule has 0 aliphatic heterocycles. The molecule has 100 valence electrons. The normalized spacial score (nSPS) is 10.0. The second kappa shape index (κ2) is 6.19. The summed E-state index contributed by atoms with van der Waals surface area (Å²) in [7, 11) is 3.36. The Bertz CT molecular complexity index is 569. The maximum Gasteiger partial charge on any atom is 0.255 e. The molecule has 0 bridgehead atoms. The Morgan fingerprint density at radius 1 is 1.42 bits per heavy atom. The molecule has 0 unspecified atom stereocenters. The van der Waals surface area contributed by atoms with Crippen molar-refractivity contribution in [2.24, 2.45) is 0 Å². The topological polar surface area (TPSA) is 63.2 Å². The summed E-state index contributed by atoms with van der Waals surface area (Å²) in [5.41, 5.74) is 1.35. The van der Waals surface area contributed by atoms with E-state index < -0.39 is 0 Å². The zero-order valence-corrected chi connectivity index (χ0v) is 11.6. The number of para-hydroxylation sites is 1. The molecular weight excluding hydrogens is 262 g/mol. The van der Waals surface area contributed by atoms with Gasteiger partial charge in [-0.2, -0.15) is 0 Å². The van der Waals surface area contributed by atoms with Crippen LogP contribution in [0.1, 0.15) is 16.1 Å². The van der Waals surface area contributed by atoms with E-state index >= 15 is 0 Å². The number of benzene rings is 1. The SMILES string of the molecule is CNc1nc(CNC(=O)c2ccccc2OC)cs1. The van der Waals surface area contributed by atoms with Gasteiger partial charge in [0.2, 0.25) is 0 Å². The highest BCUT2D eigenvalue weighted by Crippen LogP contribution is 2.18. The van der Waals surface area contributed by atoms with Crippen molar-refractivity contribution in [1.29, 1.82) is 0 Å². The average Bonchev–Trinajstić information content (AvgIpc) is 2.92.